The lowest BCUT2D eigenvalue weighted by Gasteiger charge is -2.14. The molecule has 2 aliphatic rings. The molecule has 1 fully saturated rings. The molecule has 1 atom stereocenters. The molecule has 1 saturated carbocycles. The van der Waals surface area contributed by atoms with Crippen LogP contribution < -0.4 is 0 Å². The summed E-state index contributed by atoms with van der Waals surface area (Å²) in [5.74, 6) is 3.85. The van der Waals surface area contributed by atoms with Crippen LogP contribution in [0, 0.1) is 0 Å². The van der Waals surface area contributed by atoms with Crippen molar-refractivity contribution in [2.24, 2.45) is 0 Å². The van der Waals surface area contributed by atoms with E-state index in [1.165, 1.54) is 17.7 Å². The summed E-state index contributed by atoms with van der Waals surface area (Å²) in [7, 11) is 0. The summed E-state index contributed by atoms with van der Waals surface area (Å²) in [5, 5.41) is 22.0. The minimum Gasteiger partial charge on any atom is -0.298 e. The van der Waals surface area contributed by atoms with Crippen LogP contribution in [-0.2, 0) is 0 Å². The zero-order valence-corrected chi connectivity index (χ0v) is 17.8. The first-order valence-corrected chi connectivity index (χ1v) is 12.3. The van der Waals surface area contributed by atoms with E-state index in [1.54, 1.807) is 47.3 Å². The smallest absolute Gasteiger partial charge is 0.191 e. The molecule has 1 aliphatic heterocycles. The minimum atomic E-state index is 0.327. The Morgan fingerprint density at radius 1 is 1.00 bits per heavy atom. The highest BCUT2D eigenvalue weighted by Crippen LogP contribution is 2.43. The third-order valence-corrected chi connectivity index (χ3v) is 8.14. The van der Waals surface area contributed by atoms with E-state index in [9.17, 15) is 0 Å². The van der Waals surface area contributed by atoms with Gasteiger partial charge in [0.25, 0.3) is 0 Å². The Morgan fingerprint density at radius 3 is 2.66 bits per heavy atom. The van der Waals surface area contributed by atoms with Gasteiger partial charge in [0.05, 0.1) is 10.9 Å². The van der Waals surface area contributed by atoms with Gasteiger partial charge < -0.3 is 0 Å². The first-order chi connectivity index (χ1) is 14.4. The maximum atomic E-state index is 4.55. The molecule has 0 amide bonds. The fraction of sp³-hybridized carbons (Fsp3) is 0.316. The summed E-state index contributed by atoms with van der Waals surface area (Å²) in [5.41, 5.74) is 1.05. The highest BCUT2D eigenvalue weighted by atomic mass is 32.2. The van der Waals surface area contributed by atoms with Crippen LogP contribution in [0.25, 0.3) is 22.1 Å². The van der Waals surface area contributed by atoms with E-state index in [4.69, 9.17) is 0 Å². The van der Waals surface area contributed by atoms with Gasteiger partial charge in [0.2, 0.25) is 0 Å². The topological polar surface area (TPSA) is 74.3 Å². The molecule has 0 spiro atoms. The molecule has 0 unspecified atom stereocenters. The van der Waals surface area contributed by atoms with Gasteiger partial charge in [0.15, 0.2) is 22.0 Å². The van der Waals surface area contributed by atoms with E-state index in [-0.39, 0.29) is 0 Å². The van der Waals surface area contributed by atoms with E-state index >= 15 is 0 Å². The standard InChI is InChI=1S/C19H17N7S3/c1-2-15(27-9-1)17-22-24-18(25(17)13-3-4-13)28-10-14-11-29-19-23-21-16(26(14)19)12-5-7-20-8-6-12/h1-2,5-9,13-14H,3-4,10-11H2/t14-/m1/s1. The summed E-state index contributed by atoms with van der Waals surface area (Å²) >= 11 is 5.29. The molecule has 0 saturated heterocycles. The predicted octanol–water partition coefficient (Wildman–Crippen LogP) is 4.43. The van der Waals surface area contributed by atoms with Crippen LogP contribution in [0.3, 0.4) is 0 Å². The molecule has 10 heteroatoms. The quantitative estimate of drug-likeness (QED) is 0.411. The largest absolute Gasteiger partial charge is 0.298 e. The number of nitrogens with zero attached hydrogens (tertiary/aromatic N) is 7. The summed E-state index contributed by atoms with van der Waals surface area (Å²) in [6.07, 6.45) is 6.02. The molecule has 6 rings (SSSR count). The first-order valence-electron chi connectivity index (χ1n) is 9.48. The summed E-state index contributed by atoms with van der Waals surface area (Å²) in [4.78, 5) is 5.30. The van der Waals surface area contributed by atoms with Crippen molar-refractivity contribution in [3.8, 4) is 22.1 Å². The Hall–Kier alpha value is -2.17. The highest BCUT2D eigenvalue weighted by Gasteiger charge is 2.32. The second-order valence-electron chi connectivity index (χ2n) is 7.07. The number of thiophene rings is 1. The molecule has 0 N–H and O–H groups in total. The second kappa shape index (κ2) is 7.26. The van der Waals surface area contributed by atoms with E-state index in [0.29, 0.717) is 12.1 Å². The zero-order chi connectivity index (χ0) is 19.2. The average molecular weight is 440 g/mol. The van der Waals surface area contributed by atoms with Crippen molar-refractivity contribution >= 4 is 34.9 Å². The molecule has 4 aromatic heterocycles. The third-order valence-electron chi connectivity index (χ3n) is 5.10. The van der Waals surface area contributed by atoms with Gasteiger partial charge in [0, 0.05) is 35.5 Å². The molecule has 0 aromatic carbocycles. The summed E-state index contributed by atoms with van der Waals surface area (Å²) in [6, 6.07) is 9.04. The Kier molecular flexibility index (Phi) is 4.42. The average Bonchev–Trinajstić information content (AvgIpc) is 3.18. The third kappa shape index (κ3) is 3.19. The van der Waals surface area contributed by atoms with Crippen LogP contribution in [0.15, 0.2) is 52.4 Å². The van der Waals surface area contributed by atoms with Crippen molar-refractivity contribution in [1.29, 1.82) is 0 Å². The second-order valence-corrected chi connectivity index (χ2v) is 9.99. The van der Waals surface area contributed by atoms with Gasteiger partial charge in [0.1, 0.15) is 0 Å². The fourth-order valence-electron chi connectivity index (χ4n) is 3.55. The van der Waals surface area contributed by atoms with E-state index in [1.807, 2.05) is 12.1 Å². The summed E-state index contributed by atoms with van der Waals surface area (Å²) < 4.78 is 4.61. The Morgan fingerprint density at radius 2 is 1.86 bits per heavy atom. The minimum absolute atomic E-state index is 0.327. The molecule has 146 valence electrons. The lowest BCUT2D eigenvalue weighted by molar-refractivity contribution is 0.594. The molecule has 4 aromatic rings. The van der Waals surface area contributed by atoms with Crippen LogP contribution in [0.4, 0.5) is 0 Å². The Labute approximate surface area is 180 Å². The maximum Gasteiger partial charge on any atom is 0.191 e. The molecular formula is C19H17N7S3. The van der Waals surface area contributed by atoms with Crippen LogP contribution in [0.2, 0.25) is 0 Å². The lowest BCUT2D eigenvalue weighted by Crippen LogP contribution is -2.12. The van der Waals surface area contributed by atoms with Crippen LogP contribution in [0.5, 0.6) is 0 Å². The number of aromatic nitrogens is 7. The van der Waals surface area contributed by atoms with Gasteiger partial charge in [-0.15, -0.1) is 31.7 Å². The van der Waals surface area contributed by atoms with E-state index in [0.717, 1.165) is 39.0 Å². The van der Waals surface area contributed by atoms with Crippen LogP contribution in [-0.4, -0.2) is 46.0 Å². The van der Waals surface area contributed by atoms with Gasteiger partial charge in [-0.2, -0.15) is 0 Å². The number of pyridine rings is 1. The molecular weight excluding hydrogens is 422 g/mol. The number of rotatable bonds is 6. The van der Waals surface area contributed by atoms with Crippen molar-refractivity contribution in [2.45, 2.75) is 35.2 Å². The van der Waals surface area contributed by atoms with Crippen molar-refractivity contribution in [1.82, 2.24) is 34.5 Å². The van der Waals surface area contributed by atoms with Crippen molar-refractivity contribution in [3.63, 3.8) is 0 Å². The molecule has 0 radical (unpaired) electrons. The first kappa shape index (κ1) is 17.7. The fourth-order valence-corrected chi connectivity index (χ4v) is 6.57. The number of thioether (sulfide) groups is 2. The molecule has 1 aliphatic carbocycles. The monoisotopic (exact) mass is 439 g/mol. The lowest BCUT2D eigenvalue weighted by atomic mass is 10.2. The Bertz CT molecular complexity index is 1130. The highest BCUT2D eigenvalue weighted by molar-refractivity contribution is 8.00. The Balaban J connectivity index is 1.27. The summed E-state index contributed by atoms with van der Waals surface area (Å²) in [6.45, 7) is 0. The normalized spacial score (nSPS) is 18.3. The molecule has 0 bridgehead atoms. The van der Waals surface area contributed by atoms with Crippen molar-refractivity contribution < 1.29 is 0 Å². The van der Waals surface area contributed by atoms with E-state index in [2.05, 4.69) is 52.0 Å². The molecule has 5 heterocycles. The number of hydrogen-bond acceptors (Lipinski definition) is 8. The van der Waals surface area contributed by atoms with Crippen LogP contribution >= 0.6 is 34.9 Å². The SMILES string of the molecule is c1csc(-c2nnc(SC[C@@H]3CSc4nnc(-c5ccncc5)n43)n2C2CC2)c1. The van der Waals surface area contributed by atoms with Gasteiger partial charge in [-0.05, 0) is 36.4 Å². The van der Waals surface area contributed by atoms with Gasteiger partial charge in [-0.25, -0.2) is 0 Å². The van der Waals surface area contributed by atoms with Gasteiger partial charge in [-0.1, -0.05) is 29.6 Å². The molecule has 7 nitrogen and oxygen atoms in total. The van der Waals surface area contributed by atoms with Crippen LogP contribution in [0.1, 0.15) is 24.9 Å². The van der Waals surface area contributed by atoms with Gasteiger partial charge in [-0.3, -0.25) is 14.1 Å². The molecule has 29 heavy (non-hydrogen) atoms. The zero-order valence-electron chi connectivity index (χ0n) is 15.4. The maximum absolute atomic E-state index is 4.55. The number of hydrogen-bond donors (Lipinski definition) is 0. The van der Waals surface area contributed by atoms with E-state index < -0.39 is 0 Å². The number of fused-ring (bicyclic) bond motifs is 1. The van der Waals surface area contributed by atoms with Crippen molar-refractivity contribution in [2.75, 3.05) is 11.5 Å². The predicted molar refractivity (Wildman–Crippen MR) is 115 cm³/mol. The van der Waals surface area contributed by atoms with Gasteiger partial charge >= 0.3 is 0 Å². The van der Waals surface area contributed by atoms with Crippen molar-refractivity contribution in [3.05, 3.63) is 42.0 Å².